The zero-order chi connectivity index (χ0) is 41.8. The molecule has 2 heterocycles. The van der Waals surface area contributed by atoms with Crippen molar-refractivity contribution in [1.82, 2.24) is 5.32 Å². The number of hydrogen-bond donors (Lipinski definition) is 11. The van der Waals surface area contributed by atoms with Crippen molar-refractivity contribution in [1.29, 1.82) is 0 Å². The van der Waals surface area contributed by atoms with Crippen LogP contribution in [0.5, 0.6) is 0 Å². The first-order valence-corrected chi connectivity index (χ1v) is 21.8. The molecule has 15 nitrogen and oxygen atoms in total. The van der Waals surface area contributed by atoms with Crippen molar-refractivity contribution in [2.24, 2.45) is 11.3 Å². The molecule has 57 heavy (non-hydrogen) atoms. The van der Waals surface area contributed by atoms with E-state index in [-0.39, 0.29) is 11.8 Å². The maximum atomic E-state index is 10.6. The van der Waals surface area contributed by atoms with E-state index in [2.05, 4.69) is 37.0 Å². The number of ether oxygens (including phenoxy) is 4. The zero-order valence-electron chi connectivity index (χ0n) is 34.4. The molecule has 0 saturated carbocycles. The number of nitrogens with one attached hydrogen (secondary N) is 1. The molecule has 2 fully saturated rings. The van der Waals surface area contributed by atoms with Gasteiger partial charge < -0.3 is 75.3 Å². The molecule has 0 amide bonds. The summed E-state index contributed by atoms with van der Waals surface area (Å²) >= 11 is 0. The molecule has 1 aliphatic carbocycles. The van der Waals surface area contributed by atoms with Gasteiger partial charge in [0.2, 0.25) is 0 Å². The minimum absolute atomic E-state index is 0.142. The fourth-order valence-corrected chi connectivity index (χ4v) is 8.50. The van der Waals surface area contributed by atoms with Gasteiger partial charge in [0.05, 0.1) is 25.9 Å². The molecule has 0 aromatic rings. The second-order valence-electron chi connectivity index (χ2n) is 16.5. The molecular formula is C42H77NO14. The number of unbranched alkanes of at least 4 members (excludes halogenated alkanes) is 1. The number of rotatable bonds is 21. The predicted molar refractivity (Wildman–Crippen MR) is 212 cm³/mol. The van der Waals surface area contributed by atoms with Crippen LogP contribution >= 0.6 is 0 Å². The second kappa shape index (κ2) is 27.0. The van der Waals surface area contributed by atoms with Crippen molar-refractivity contribution < 1.29 is 70.0 Å². The van der Waals surface area contributed by atoms with E-state index in [4.69, 9.17) is 18.9 Å². The molecule has 0 aromatic heterocycles. The van der Waals surface area contributed by atoms with Gasteiger partial charge in [0.15, 0.2) is 12.6 Å². The minimum atomic E-state index is -1.77. The van der Waals surface area contributed by atoms with Crippen LogP contribution in [0.2, 0.25) is 0 Å². The normalized spacial score (nSPS) is 35.6. The van der Waals surface area contributed by atoms with E-state index < -0.39 is 99.5 Å². The lowest BCUT2D eigenvalue weighted by molar-refractivity contribution is -0.333. The maximum absolute atomic E-state index is 10.6. The van der Waals surface area contributed by atoms with Crippen LogP contribution in [-0.4, -0.2) is 164 Å². The molecule has 2 aliphatic heterocycles. The summed E-state index contributed by atoms with van der Waals surface area (Å²) in [4.78, 5) is 0. The summed E-state index contributed by atoms with van der Waals surface area (Å²) in [6.45, 7) is 3.95. The summed E-state index contributed by atoms with van der Waals surface area (Å²) in [5.74, 6) is 0.626. The Morgan fingerprint density at radius 1 is 0.719 bits per heavy atom. The summed E-state index contributed by atoms with van der Waals surface area (Å²) in [6, 6.07) is 0. The van der Waals surface area contributed by atoms with Crippen LogP contribution in [0.25, 0.3) is 0 Å². The molecule has 0 spiro atoms. The van der Waals surface area contributed by atoms with Crippen LogP contribution < -0.4 is 5.32 Å². The van der Waals surface area contributed by atoms with E-state index in [1.54, 1.807) is 0 Å². The molecule has 0 aromatic carbocycles. The average molecular weight is 820 g/mol. The van der Waals surface area contributed by atoms with Gasteiger partial charge in [-0.3, -0.25) is 0 Å². The highest BCUT2D eigenvalue weighted by atomic mass is 16.7. The number of hydrogen-bond acceptors (Lipinski definition) is 15. The molecule has 334 valence electrons. The summed E-state index contributed by atoms with van der Waals surface area (Å²) < 4.78 is 21.7. The first-order valence-electron chi connectivity index (χ1n) is 21.8. The highest BCUT2D eigenvalue weighted by Gasteiger charge is 2.48. The smallest absolute Gasteiger partial charge is 0.186 e. The molecule has 2 saturated heterocycles. The van der Waals surface area contributed by atoms with Crippen molar-refractivity contribution in [2.45, 2.75) is 203 Å². The summed E-state index contributed by atoms with van der Waals surface area (Å²) in [5, 5.41) is 106. The average Bonchev–Trinajstić information content (AvgIpc) is 3.21. The van der Waals surface area contributed by atoms with E-state index in [0.29, 0.717) is 12.5 Å². The lowest BCUT2D eigenvalue weighted by Crippen LogP contribution is -2.62. The van der Waals surface area contributed by atoms with Gasteiger partial charge in [0.1, 0.15) is 61.0 Å². The lowest BCUT2D eigenvalue weighted by Gasteiger charge is -2.42. The van der Waals surface area contributed by atoms with Gasteiger partial charge in [0, 0.05) is 0 Å². The number of aliphatic hydroxyl groups is 10. The predicted octanol–water partition coefficient (Wildman–Crippen LogP) is 1.30. The molecule has 3 rings (SSSR count). The molecule has 2 unspecified atom stereocenters. The molecule has 15 atom stereocenters. The van der Waals surface area contributed by atoms with Gasteiger partial charge in [-0.1, -0.05) is 78.1 Å². The van der Waals surface area contributed by atoms with Crippen molar-refractivity contribution in [3.05, 3.63) is 17.9 Å². The lowest BCUT2D eigenvalue weighted by atomic mass is 9.66. The Morgan fingerprint density at radius 3 is 1.98 bits per heavy atom. The quantitative estimate of drug-likeness (QED) is 0.0577. The van der Waals surface area contributed by atoms with Crippen molar-refractivity contribution in [3.8, 4) is 0 Å². The van der Waals surface area contributed by atoms with E-state index >= 15 is 0 Å². The molecule has 11 N–H and O–H groups in total. The number of allylic oxidation sites excluding steroid dienone is 1. The van der Waals surface area contributed by atoms with Gasteiger partial charge in [-0.25, -0.2) is 0 Å². The first kappa shape index (κ1) is 50.3. The third-order valence-electron chi connectivity index (χ3n) is 12.2. The Hall–Kier alpha value is -1.08. The van der Waals surface area contributed by atoms with E-state index in [1.807, 2.05) is 0 Å². The Kier molecular flexibility index (Phi) is 23.8. The second-order valence-corrected chi connectivity index (χ2v) is 16.5. The van der Waals surface area contributed by atoms with Crippen molar-refractivity contribution in [2.75, 3.05) is 32.9 Å². The van der Waals surface area contributed by atoms with E-state index in [9.17, 15) is 51.1 Å². The standard InChI is InChI=1S/C42H77NO14/c1-3-18-28(4-2)42(20-14-12-10-8-6-5-7-9-11-13-15-21-42)22-16-17-23-43-24-19-29(45)33(47)30(46)26-54-40-39(53)37(51)35(49)32(57-40)27-55-41-38(52)36(50)34(48)31(25-44)56-41/h12,20,28-41,43-53H,3-11,13,15-19,21-27H2,1-2H3/t14?,28?,29-,30-,31-,32-,33+,34-,35-,36+,37+,38-,39-,40-,41-,42?/m1/s1. The fourth-order valence-electron chi connectivity index (χ4n) is 8.50. The van der Waals surface area contributed by atoms with Gasteiger partial charge >= 0.3 is 0 Å². The Balaban J connectivity index is 1.43. The minimum Gasteiger partial charge on any atom is -0.394 e. The maximum Gasteiger partial charge on any atom is 0.186 e. The zero-order valence-corrected chi connectivity index (χ0v) is 34.4. The van der Waals surface area contributed by atoms with E-state index in [1.165, 1.54) is 70.6 Å². The molecular weight excluding hydrogens is 742 g/mol. The van der Waals surface area contributed by atoms with Gasteiger partial charge in [0.25, 0.3) is 0 Å². The molecule has 0 bridgehead atoms. The van der Waals surface area contributed by atoms with Crippen molar-refractivity contribution in [3.63, 3.8) is 0 Å². The highest BCUT2D eigenvalue weighted by Crippen LogP contribution is 2.44. The first-order chi connectivity index (χ1) is 27.4. The Morgan fingerprint density at radius 2 is 1.33 bits per heavy atom. The molecule has 15 heteroatoms. The van der Waals surface area contributed by atoms with Gasteiger partial charge in [-0.15, -0.1) is 5.73 Å². The van der Waals surface area contributed by atoms with Crippen LogP contribution in [-0.2, 0) is 18.9 Å². The third kappa shape index (κ3) is 15.7. The highest BCUT2D eigenvalue weighted by molar-refractivity contribution is 5.03. The van der Waals surface area contributed by atoms with Crippen LogP contribution in [0.15, 0.2) is 17.9 Å². The summed E-state index contributed by atoms with van der Waals surface area (Å²) in [5.41, 5.74) is 3.77. The number of aliphatic hydroxyl groups excluding tert-OH is 10. The topological polar surface area (TPSA) is 251 Å². The van der Waals surface area contributed by atoms with Crippen LogP contribution in [0, 0.1) is 11.3 Å². The van der Waals surface area contributed by atoms with Gasteiger partial charge in [-0.05, 0) is 81.5 Å². The third-order valence-corrected chi connectivity index (χ3v) is 12.2. The van der Waals surface area contributed by atoms with E-state index in [0.717, 1.165) is 38.6 Å². The summed E-state index contributed by atoms with van der Waals surface area (Å²) in [6.07, 6.45) is 3.82. The molecule has 3 aliphatic rings. The van der Waals surface area contributed by atoms with Crippen LogP contribution in [0.3, 0.4) is 0 Å². The van der Waals surface area contributed by atoms with Crippen LogP contribution in [0.1, 0.15) is 123 Å². The molecule has 0 radical (unpaired) electrons. The SMILES string of the molecule is CCCC(CC)C1(CCCCNCC[C@@H](O)[C@H](O)[C@H](O)CO[C@@H]2O[C@H](CO[C@@H]3O[C@H](CO)[C@@H](O)[C@H](O)[C@H]3O)[C@@H](O)[C@H](O)[C@H]2O)C=C=CCCCCCCCCCC1. The Labute approximate surface area is 339 Å². The monoisotopic (exact) mass is 820 g/mol. The summed E-state index contributed by atoms with van der Waals surface area (Å²) in [7, 11) is 0. The Bertz CT molecular complexity index is 1130. The largest absolute Gasteiger partial charge is 0.394 e. The van der Waals surface area contributed by atoms with Crippen LogP contribution in [0.4, 0.5) is 0 Å². The van der Waals surface area contributed by atoms with Gasteiger partial charge in [-0.2, -0.15) is 0 Å². The van der Waals surface area contributed by atoms with Crippen molar-refractivity contribution >= 4 is 0 Å². The fraction of sp³-hybridized carbons (Fsp3) is 0.929.